The predicted octanol–water partition coefficient (Wildman–Crippen LogP) is 4.97. The van der Waals surface area contributed by atoms with Crippen molar-refractivity contribution < 1.29 is 0 Å². The van der Waals surface area contributed by atoms with E-state index in [2.05, 4.69) is 4.98 Å². The van der Waals surface area contributed by atoms with Gasteiger partial charge in [-0.25, -0.2) is 0 Å². The van der Waals surface area contributed by atoms with E-state index >= 15 is 0 Å². The molecule has 0 fully saturated rings. The number of rotatable bonds is 3. The molecular formula is C11H8Cl3NS. The monoisotopic (exact) mass is 291 g/mol. The highest BCUT2D eigenvalue weighted by molar-refractivity contribution is 7.09. The van der Waals surface area contributed by atoms with E-state index in [-0.39, 0.29) is 5.38 Å². The minimum absolute atomic E-state index is 0.0651. The van der Waals surface area contributed by atoms with E-state index in [9.17, 15) is 0 Å². The lowest BCUT2D eigenvalue weighted by molar-refractivity contribution is 0.936. The molecule has 84 valence electrons. The smallest absolute Gasteiger partial charge is 0.0794 e. The molecule has 16 heavy (non-hydrogen) atoms. The van der Waals surface area contributed by atoms with E-state index in [1.54, 1.807) is 29.1 Å². The van der Waals surface area contributed by atoms with Crippen LogP contribution in [0.25, 0.3) is 0 Å². The Bertz CT molecular complexity index is 470. The molecule has 0 N–H and O–H groups in total. The lowest BCUT2D eigenvalue weighted by Gasteiger charge is -2.07. The molecule has 0 saturated heterocycles. The molecule has 5 heteroatoms. The van der Waals surface area contributed by atoms with Gasteiger partial charge in [0.05, 0.1) is 20.9 Å². The van der Waals surface area contributed by atoms with Crippen molar-refractivity contribution in [2.75, 3.05) is 0 Å². The molecule has 0 saturated carbocycles. The van der Waals surface area contributed by atoms with Crippen LogP contribution < -0.4 is 0 Å². The van der Waals surface area contributed by atoms with Gasteiger partial charge in [0.2, 0.25) is 0 Å². The lowest BCUT2D eigenvalue weighted by Crippen LogP contribution is -1.93. The van der Waals surface area contributed by atoms with Crippen LogP contribution in [-0.2, 0) is 6.42 Å². The first kappa shape index (κ1) is 12.2. The standard InChI is InChI=1S/C11H8Cl3NS/c12-8-2-1-7(3-9(8)13)4-10(14)11-5-15-6-16-11/h1-3,5-6,10H,4H2. The van der Waals surface area contributed by atoms with Gasteiger partial charge in [-0.05, 0) is 24.1 Å². The molecule has 2 aromatic rings. The highest BCUT2D eigenvalue weighted by atomic mass is 35.5. The van der Waals surface area contributed by atoms with Gasteiger partial charge in [0.1, 0.15) is 0 Å². The summed E-state index contributed by atoms with van der Waals surface area (Å²) in [5.74, 6) is 0. The number of thiazole rings is 1. The molecule has 0 aliphatic carbocycles. The Balaban J connectivity index is 2.12. The Morgan fingerprint density at radius 1 is 1.25 bits per heavy atom. The molecular weight excluding hydrogens is 285 g/mol. The zero-order chi connectivity index (χ0) is 11.5. The van der Waals surface area contributed by atoms with E-state index in [4.69, 9.17) is 34.8 Å². The highest BCUT2D eigenvalue weighted by Crippen LogP contribution is 2.30. The third-order valence-electron chi connectivity index (χ3n) is 2.16. The molecule has 1 unspecified atom stereocenters. The van der Waals surface area contributed by atoms with Crippen molar-refractivity contribution in [3.8, 4) is 0 Å². The van der Waals surface area contributed by atoms with Gasteiger partial charge in [0.25, 0.3) is 0 Å². The molecule has 0 radical (unpaired) electrons. The van der Waals surface area contributed by atoms with Crippen LogP contribution in [0, 0.1) is 0 Å². The van der Waals surface area contributed by atoms with Crippen LogP contribution in [0.3, 0.4) is 0 Å². The third-order valence-corrected chi connectivity index (χ3v) is 4.31. The minimum Gasteiger partial charge on any atom is -0.253 e. The zero-order valence-electron chi connectivity index (χ0n) is 8.16. The van der Waals surface area contributed by atoms with Gasteiger partial charge in [-0.2, -0.15) is 0 Å². The predicted molar refractivity (Wildman–Crippen MR) is 70.9 cm³/mol. The van der Waals surface area contributed by atoms with Crippen LogP contribution in [-0.4, -0.2) is 4.98 Å². The first-order valence-corrected chi connectivity index (χ1v) is 6.70. The Morgan fingerprint density at radius 3 is 2.69 bits per heavy atom. The highest BCUT2D eigenvalue weighted by Gasteiger charge is 2.11. The fraction of sp³-hybridized carbons (Fsp3) is 0.182. The fourth-order valence-corrected chi connectivity index (χ4v) is 2.66. The Kier molecular flexibility index (Phi) is 4.09. The van der Waals surface area contributed by atoms with Crippen LogP contribution in [0.15, 0.2) is 29.9 Å². The number of hydrogen-bond donors (Lipinski definition) is 0. The van der Waals surface area contributed by atoms with E-state index in [0.717, 1.165) is 16.9 Å². The average Bonchev–Trinajstić information content (AvgIpc) is 2.77. The maximum atomic E-state index is 6.27. The molecule has 0 aliphatic rings. The summed E-state index contributed by atoms with van der Waals surface area (Å²) >= 11 is 19.6. The van der Waals surface area contributed by atoms with Crippen LogP contribution >= 0.6 is 46.1 Å². The van der Waals surface area contributed by atoms with Crippen LogP contribution in [0.4, 0.5) is 0 Å². The summed E-state index contributed by atoms with van der Waals surface area (Å²) in [6.45, 7) is 0. The lowest BCUT2D eigenvalue weighted by atomic mass is 10.1. The van der Waals surface area contributed by atoms with Crippen molar-refractivity contribution in [3.05, 3.63) is 50.4 Å². The molecule has 0 aliphatic heterocycles. The molecule has 0 spiro atoms. The first-order chi connectivity index (χ1) is 7.66. The maximum Gasteiger partial charge on any atom is 0.0794 e. The minimum atomic E-state index is -0.0651. The Labute approximate surface area is 113 Å². The van der Waals surface area contributed by atoms with Crippen LogP contribution in [0.1, 0.15) is 15.8 Å². The van der Waals surface area contributed by atoms with E-state index < -0.39 is 0 Å². The molecule has 0 amide bonds. The molecule has 2 rings (SSSR count). The number of benzene rings is 1. The summed E-state index contributed by atoms with van der Waals surface area (Å²) in [6, 6.07) is 5.57. The Morgan fingerprint density at radius 2 is 2.06 bits per heavy atom. The number of hydrogen-bond acceptors (Lipinski definition) is 2. The second-order valence-electron chi connectivity index (χ2n) is 3.32. The van der Waals surface area contributed by atoms with Gasteiger partial charge in [0.15, 0.2) is 0 Å². The van der Waals surface area contributed by atoms with Crippen molar-refractivity contribution in [1.82, 2.24) is 4.98 Å². The van der Waals surface area contributed by atoms with Crippen molar-refractivity contribution in [2.45, 2.75) is 11.8 Å². The summed E-state index contributed by atoms with van der Waals surface area (Å²) < 4.78 is 0. The summed E-state index contributed by atoms with van der Waals surface area (Å²) in [5.41, 5.74) is 2.85. The second kappa shape index (κ2) is 5.37. The molecule has 1 aromatic heterocycles. The normalized spacial score (nSPS) is 12.7. The SMILES string of the molecule is Clc1ccc(CC(Cl)c2cncs2)cc1Cl. The number of halogens is 3. The summed E-state index contributed by atoms with van der Waals surface area (Å²) in [7, 11) is 0. The summed E-state index contributed by atoms with van der Waals surface area (Å²) in [5, 5.41) is 1.06. The van der Waals surface area contributed by atoms with Gasteiger partial charge < -0.3 is 0 Å². The van der Waals surface area contributed by atoms with Crippen LogP contribution in [0.5, 0.6) is 0 Å². The Hall–Kier alpha value is -0.280. The molecule has 1 atom stereocenters. The maximum absolute atomic E-state index is 6.27. The number of aromatic nitrogens is 1. The number of alkyl halides is 1. The summed E-state index contributed by atoms with van der Waals surface area (Å²) in [4.78, 5) is 5.07. The topological polar surface area (TPSA) is 12.9 Å². The molecule has 1 aromatic carbocycles. The quantitative estimate of drug-likeness (QED) is 0.728. The van der Waals surface area contributed by atoms with Gasteiger partial charge >= 0.3 is 0 Å². The van der Waals surface area contributed by atoms with Gasteiger partial charge in [-0.3, -0.25) is 4.98 Å². The van der Waals surface area contributed by atoms with Crippen LogP contribution in [0.2, 0.25) is 10.0 Å². The molecule has 1 nitrogen and oxygen atoms in total. The van der Waals surface area contributed by atoms with Crippen molar-refractivity contribution >= 4 is 46.1 Å². The largest absolute Gasteiger partial charge is 0.253 e. The van der Waals surface area contributed by atoms with E-state index in [1.807, 2.05) is 12.1 Å². The zero-order valence-corrected chi connectivity index (χ0v) is 11.2. The van der Waals surface area contributed by atoms with Gasteiger partial charge in [-0.1, -0.05) is 29.3 Å². The van der Waals surface area contributed by atoms with Crippen molar-refractivity contribution in [2.24, 2.45) is 0 Å². The molecule has 0 bridgehead atoms. The second-order valence-corrected chi connectivity index (χ2v) is 5.58. The summed E-state index contributed by atoms with van der Waals surface area (Å²) in [6.07, 6.45) is 2.51. The van der Waals surface area contributed by atoms with Gasteiger partial charge in [-0.15, -0.1) is 22.9 Å². The van der Waals surface area contributed by atoms with Crippen molar-refractivity contribution in [3.63, 3.8) is 0 Å². The first-order valence-electron chi connectivity index (χ1n) is 4.63. The molecule has 1 heterocycles. The van der Waals surface area contributed by atoms with E-state index in [1.165, 1.54) is 0 Å². The third kappa shape index (κ3) is 2.89. The number of nitrogens with zero attached hydrogens (tertiary/aromatic N) is 1. The fourth-order valence-electron chi connectivity index (χ4n) is 1.35. The van der Waals surface area contributed by atoms with E-state index in [0.29, 0.717) is 10.0 Å². The van der Waals surface area contributed by atoms with Gasteiger partial charge in [0, 0.05) is 11.1 Å². The van der Waals surface area contributed by atoms with Crippen molar-refractivity contribution in [1.29, 1.82) is 0 Å². The average molecular weight is 293 g/mol.